The second kappa shape index (κ2) is 5.42. The van der Waals surface area contributed by atoms with Crippen LogP contribution in [0.3, 0.4) is 0 Å². The molecule has 4 nitrogen and oxygen atoms in total. The molecule has 20 heavy (non-hydrogen) atoms. The van der Waals surface area contributed by atoms with Crippen LogP contribution in [0.5, 0.6) is 0 Å². The summed E-state index contributed by atoms with van der Waals surface area (Å²) in [5.74, 6) is 0.351. The van der Waals surface area contributed by atoms with Crippen LogP contribution in [0.1, 0.15) is 21.7 Å². The standard InChI is InChI=1S/C15H20O4Si/c1-10-6-11-8-12(9-18-20(3,4)5)19-14(11)13(7-10)15(16)17-2/h6-8H,9H2,1-5H3. The van der Waals surface area contributed by atoms with E-state index in [-0.39, 0.29) is 5.97 Å². The number of carbonyl (C=O) groups is 1. The number of furan rings is 1. The number of esters is 1. The average molecular weight is 292 g/mol. The van der Waals surface area contributed by atoms with E-state index in [2.05, 4.69) is 19.6 Å². The summed E-state index contributed by atoms with van der Waals surface area (Å²) in [7, 11) is -0.224. The third-order valence-corrected chi connectivity index (χ3v) is 3.87. The van der Waals surface area contributed by atoms with E-state index in [0.29, 0.717) is 17.8 Å². The van der Waals surface area contributed by atoms with E-state index in [0.717, 1.165) is 16.7 Å². The summed E-state index contributed by atoms with van der Waals surface area (Å²) in [6, 6.07) is 5.69. The fraction of sp³-hybridized carbons (Fsp3) is 0.400. The molecule has 5 heteroatoms. The van der Waals surface area contributed by atoms with Crippen LogP contribution < -0.4 is 0 Å². The number of carbonyl (C=O) groups excluding carboxylic acids is 1. The molecular formula is C15H20O4Si. The first-order valence-electron chi connectivity index (χ1n) is 6.55. The fourth-order valence-corrected chi connectivity index (χ4v) is 2.55. The maximum atomic E-state index is 11.8. The van der Waals surface area contributed by atoms with E-state index in [1.807, 2.05) is 19.1 Å². The lowest BCUT2D eigenvalue weighted by molar-refractivity contribution is 0.0601. The first kappa shape index (κ1) is 14.8. The van der Waals surface area contributed by atoms with Crippen molar-refractivity contribution in [3.63, 3.8) is 0 Å². The van der Waals surface area contributed by atoms with Gasteiger partial charge in [-0.2, -0.15) is 0 Å². The molecule has 0 aliphatic heterocycles. The topological polar surface area (TPSA) is 48.7 Å². The Morgan fingerprint density at radius 2 is 1.95 bits per heavy atom. The van der Waals surface area contributed by atoms with E-state index in [9.17, 15) is 4.79 Å². The van der Waals surface area contributed by atoms with Gasteiger partial charge in [-0.3, -0.25) is 0 Å². The zero-order chi connectivity index (χ0) is 14.9. The second-order valence-electron chi connectivity index (χ2n) is 5.84. The summed E-state index contributed by atoms with van der Waals surface area (Å²) in [5, 5.41) is 0.902. The molecule has 0 N–H and O–H groups in total. The van der Waals surface area contributed by atoms with Crippen LogP contribution >= 0.6 is 0 Å². The molecule has 1 aromatic heterocycles. The molecule has 0 saturated carbocycles. The van der Waals surface area contributed by atoms with Crippen LogP contribution in [-0.2, 0) is 15.8 Å². The number of rotatable bonds is 4. The number of benzene rings is 1. The molecule has 2 rings (SSSR count). The van der Waals surface area contributed by atoms with Gasteiger partial charge < -0.3 is 13.6 Å². The smallest absolute Gasteiger partial charge is 0.341 e. The summed E-state index contributed by atoms with van der Waals surface area (Å²) >= 11 is 0. The van der Waals surface area contributed by atoms with Crippen LogP contribution in [0.25, 0.3) is 11.0 Å². The minimum atomic E-state index is -1.59. The van der Waals surface area contributed by atoms with E-state index >= 15 is 0 Å². The maximum absolute atomic E-state index is 11.8. The molecule has 0 amide bonds. The van der Waals surface area contributed by atoms with Crippen LogP contribution in [-0.4, -0.2) is 21.4 Å². The van der Waals surface area contributed by atoms with Gasteiger partial charge in [-0.15, -0.1) is 0 Å². The molecule has 0 fully saturated rings. The Balaban J connectivity index is 2.40. The average Bonchev–Trinajstić information content (AvgIpc) is 2.76. The van der Waals surface area contributed by atoms with E-state index in [1.165, 1.54) is 7.11 Å². The van der Waals surface area contributed by atoms with Crippen molar-refractivity contribution in [3.8, 4) is 0 Å². The highest BCUT2D eigenvalue weighted by molar-refractivity contribution is 6.69. The Bertz CT molecular complexity index is 637. The van der Waals surface area contributed by atoms with E-state index in [1.54, 1.807) is 6.07 Å². The molecule has 0 aliphatic rings. The van der Waals surface area contributed by atoms with Gasteiger partial charge in [-0.05, 0) is 50.3 Å². The molecule has 0 radical (unpaired) electrons. The van der Waals surface area contributed by atoms with Gasteiger partial charge in [0.2, 0.25) is 0 Å². The van der Waals surface area contributed by atoms with E-state index in [4.69, 9.17) is 13.6 Å². The highest BCUT2D eigenvalue weighted by atomic mass is 28.4. The Hall–Kier alpha value is -1.59. The minimum absolute atomic E-state index is 0.384. The van der Waals surface area contributed by atoms with Crippen LogP contribution in [0, 0.1) is 6.92 Å². The number of hydrogen-bond acceptors (Lipinski definition) is 4. The van der Waals surface area contributed by atoms with Crippen molar-refractivity contribution in [2.24, 2.45) is 0 Å². The zero-order valence-electron chi connectivity index (χ0n) is 12.6. The number of ether oxygens (including phenoxy) is 1. The lowest BCUT2D eigenvalue weighted by Gasteiger charge is -2.15. The van der Waals surface area contributed by atoms with Crippen LogP contribution in [0.15, 0.2) is 22.6 Å². The summed E-state index contributed by atoms with van der Waals surface area (Å²) in [4.78, 5) is 11.8. The van der Waals surface area contributed by atoms with Gasteiger partial charge in [-0.1, -0.05) is 0 Å². The highest BCUT2D eigenvalue weighted by Crippen LogP contribution is 2.26. The number of aryl methyl sites for hydroxylation is 1. The van der Waals surface area contributed by atoms with Gasteiger partial charge in [0.25, 0.3) is 0 Å². The molecule has 2 aromatic rings. The summed E-state index contributed by atoms with van der Waals surface area (Å²) in [6.45, 7) is 8.75. The fourth-order valence-electron chi connectivity index (χ4n) is 1.98. The summed E-state index contributed by atoms with van der Waals surface area (Å²) < 4.78 is 16.4. The van der Waals surface area contributed by atoms with Gasteiger partial charge in [0.1, 0.15) is 16.9 Å². The van der Waals surface area contributed by atoms with Gasteiger partial charge in [-0.25, -0.2) is 4.79 Å². The Morgan fingerprint density at radius 1 is 1.25 bits per heavy atom. The number of methoxy groups -OCH3 is 1. The van der Waals surface area contributed by atoms with Crippen molar-refractivity contribution < 1.29 is 18.4 Å². The van der Waals surface area contributed by atoms with Gasteiger partial charge >= 0.3 is 5.97 Å². The first-order valence-corrected chi connectivity index (χ1v) is 9.96. The highest BCUT2D eigenvalue weighted by Gasteiger charge is 2.18. The van der Waals surface area contributed by atoms with E-state index < -0.39 is 8.32 Å². The summed E-state index contributed by atoms with van der Waals surface area (Å²) in [5.41, 5.74) is 2.02. The zero-order valence-corrected chi connectivity index (χ0v) is 13.6. The number of hydrogen-bond donors (Lipinski definition) is 0. The Labute approximate surface area is 119 Å². The molecule has 0 aliphatic carbocycles. The normalized spacial score (nSPS) is 11.8. The molecule has 0 saturated heterocycles. The monoisotopic (exact) mass is 292 g/mol. The molecule has 108 valence electrons. The van der Waals surface area contributed by atoms with Crippen LogP contribution in [0.2, 0.25) is 19.6 Å². The van der Waals surface area contributed by atoms with Gasteiger partial charge in [0.05, 0.1) is 13.7 Å². The minimum Gasteiger partial charge on any atom is -0.465 e. The number of fused-ring (bicyclic) bond motifs is 1. The maximum Gasteiger partial charge on any atom is 0.341 e. The quantitative estimate of drug-likeness (QED) is 0.634. The van der Waals surface area contributed by atoms with Crippen molar-refractivity contribution in [1.82, 2.24) is 0 Å². The SMILES string of the molecule is COC(=O)c1cc(C)cc2cc(CO[Si](C)(C)C)oc12. The Morgan fingerprint density at radius 3 is 2.55 bits per heavy atom. The second-order valence-corrected chi connectivity index (χ2v) is 10.3. The predicted molar refractivity (Wildman–Crippen MR) is 80.4 cm³/mol. The van der Waals surface area contributed by atoms with Crippen molar-refractivity contribution in [2.45, 2.75) is 33.2 Å². The van der Waals surface area contributed by atoms with Crippen molar-refractivity contribution in [1.29, 1.82) is 0 Å². The summed E-state index contributed by atoms with van der Waals surface area (Å²) in [6.07, 6.45) is 0. The Kier molecular flexibility index (Phi) is 4.01. The predicted octanol–water partition coefficient (Wildman–Crippen LogP) is 3.88. The van der Waals surface area contributed by atoms with Gasteiger partial charge in [0, 0.05) is 5.39 Å². The van der Waals surface area contributed by atoms with Crippen molar-refractivity contribution in [3.05, 3.63) is 35.1 Å². The largest absolute Gasteiger partial charge is 0.465 e. The molecule has 0 atom stereocenters. The molecule has 0 unspecified atom stereocenters. The van der Waals surface area contributed by atoms with Crippen LogP contribution in [0.4, 0.5) is 0 Å². The molecular weight excluding hydrogens is 272 g/mol. The van der Waals surface area contributed by atoms with Crippen molar-refractivity contribution in [2.75, 3.05) is 7.11 Å². The van der Waals surface area contributed by atoms with Crippen molar-refractivity contribution >= 4 is 25.3 Å². The third-order valence-electron chi connectivity index (χ3n) is 2.86. The molecule has 1 aromatic carbocycles. The molecule has 0 bridgehead atoms. The third kappa shape index (κ3) is 3.29. The van der Waals surface area contributed by atoms with Gasteiger partial charge in [0.15, 0.2) is 8.32 Å². The lowest BCUT2D eigenvalue weighted by atomic mass is 10.1. The first-order chi connectivity index (χ1) is 9.30. The molecule has 0 spiro atoms. The molecule has 1 heterocycles. The lowest BCUT2D eigenvalue weighted by Crippen LogP contribution is -2.24.